The second-order valence-corrected chi connectivity index (χ2v) is 8.37. The maximum Gasteiger partial charge on any atom is 0.315 e. The van der Waals surface area contributed by atoms with Gasteiger partial charge in [-0.15, -0.1) is 0 Å². The summed E-state index contributed by atoms with van der Waals surface area (Å²) in [6, 6.07) is 4.10. The monoisotopic (exact) mass is 372 g/mol. The lowest BCUT2D eigenvalue weighted by molar-refractivity contribution is 0.187. The quantitative estimate of drug-likeness (QED) is 0.772. The molecule has 4 rings (SSSR count). The van der Waals surface area contributed by atoms with Gasteiger partial charge in [0.1, 0.15) is 6.10 Å². The first kappa shape index (κ1) is 18.5. The predicted octanol–water partition coefficient (Wildman–Crippen LogP) is 3.08. The van der Waals surface area contributed by atoms with Gasteiger partial charge in [0, 0.05) is 44.5 Å². The number of nitrogens with zero attached hydrogens (tertiary/aromatic N) is 2. The summed E-state index contributed by atoms with van der Waals surface area (Å²) in [5.41, 5.74) is 0.989. The zero-order valence-corrected chi connectivity index (χ0v) is 16.2. The average Bonchev–Trinajstić information content (AvgIpc) is 3.35. The van der Waals surface area contributed by atoms with Crippen molar-refractivity contribution in [3.8, 4) is 5.88 Å². The van der Waals surface area contributed by atoms with Crippen LogP contribution in [0, 0.1) is 5.92 Å². The van der Waals surface area contributed by atoms with Crippen LogP contribution in [0.5, 0.6) is 5.88 Å². The van der Waals surface area contributed by atoms with Crippen molar-refractivity contribution < 1.29 is 9.53 Å². The summed E-state index contributed by atoms with van der Waals surface area (Å²) in [6.45, 7) is 3.96. The molecule has 1 aromatic heterocycles. The van der Waals surface area contributed by atoms with Crippen LogP contribution < -0.4 is 15.4 Å². The molecule has 148 valence electrons. The van der Waals surface area contributed by atoms with E-state index in [0.717, 1.165) is 50.3 Å². The number of carbonyl (C=O) groups excluding carboxylic acids is 1. The molecule has 1 aliphatic heterocycles. The summed E-state index contributed by atoms with van der Waals surface area (Å²) < 4.78 is 5.88. The highest BCUT2D eigenvalue weighted by molar-refractivity contribution is 5.74. The van der Waals surface area contributed by atoms with Crippen molar-refractivity contribution in [1.29, 1.82) is 0 Å². The van der Waals surface area contributed by atoms with E-state index in [2.05, 4.69) is 20.5 Å². The zero-order chi connectivity index (χ0) is 18.5. The van der Waals surface area contributed by atoms with Crippen molar-refractivity contribution in [2.75, 3.05) is 19.6 Å². The average molecular weight is 373 g/mol. The van der Waals surface area contributed by atoms with E-state index in [-0.39, 0.29) is 6.03 Å². The first-order valence-electron chi connectivity index (χ1n) is 10.6. The second-order valence-electron chi connectivity index (χ2n) is 8.37. The van der Waals surface area contributed by atoms with Crippen LogP contribution in [0.2, 0.25) is 0 Å². The fraction of sp³-hybridized carbons (Fsp3) is 0.714. The number of aromatic nitrogens is 1. The van der Waals surface area contributed by atoms with Crippen molar-refractivity contribution in [1.82, 2.24) is 20.5 Å². The highest BCUT2D eigenvalue weighted by Crippen LogP contribution is 2.30. The molecule has 0 aromatic carbocycles. The Morgan fingerprint density at radius 1 is 1.11 bits per heavy atom. The highest BCUT2D eigenvalue weighted by atomic mass is 16.5. The van der Waals surface area contributed by atoms with Crippen LogP contribution in [0.4, 0.5) is 4.79 Å². The molecule has 2 saturated carbocycles. The minimum absolute atomic E-state index is 0.0816. The van der Waals surface area contributed by atoms with Crippen LogP contribution in [0.25, 0.3) is 0 Å². The third kappa shape index (κ3) is 5.83. The molecule has 0 bridgehead atoms. The Kier molecular flexibility index (Phi) is 6.12. The normalized spacial score (nSPS) is 21.9. The second kappa shape index (κ2) is 8.91. The Morgan fingerprint density at radius 2 is 1.89 bits per heavy atom. The largest absolute Gasteiger partial charge is 0.474 e. The van der Waals surface area contributed by atoms with E-state index in [1.807, 2.05) is 12.1 Å². The standard InChI is InChI=1S/C21H32N4O2/c26-21(24-18-9-11-25(12-10-18)15-16-5-6-16)23-14-17-7-8-20(22-13-17)27-19-3-1-2-4-19/h7-8,13,16,18-19H,1-6,9-12,14-15H2,(H2,23,24,26). The van der Waals surface area contributed by atoms with Gasteiger partial charge in [-0.25, -0.2) is 9.78 Å². The van der Waals surface area contributed by atoms with Gasteiger partial charge in [0.25, 0.3) is 0 Å². The molecule has 2 amide bonds. The molecule has 0 spiro atoms. The Labute approximate surface area is 162 Å². The van der Waals surface area contributed by atoms with Crippen LogP contribution in [0.3, 0.4) is 0 Å². The molecule has 1 aromatic rings. The molecular weight excluding hydrogens is 340 g/mol. The number of hydrogen-bond donors (Lipinski definition) is 2. The number of rotatable bonds is 7. The van der Waals surface area contributed by atoms with Crippen LogP contribution >= 0.6 is 0 Å². The first-order chi connectivity index (χ1) is 13.2. The summed E-state index contributed by atoms with van der Waals surface area (Å²) in [5, 5.41) is 6.06. The van der Waals surface area contributed by atoms with Gasteiger partial charge in [-0.1, -0.05) is 6.07 Å². The summed E-state index contributed by atoms with van der Waals surface area (Å²) >= 11 is 0. The van der Waals surface area contributed by atoms with E-state index in [1.54, 1.807) is 6.20 Å². The Balaban J connectivity index is 1.13. The molecule has 0 atom stereocenters. The smallest absolute Gasteiger partial charge is 0.315 e. The number of nitrogens with one attached hydrogen (secondary N) is 2. The predicted molar refractivity (Wildman–Crippen MR) is 105 cm³/mol. The van der Waals surface area contributed by atoms with Crippen LogP contribution in [0.15, 0.2) is 18.3 Å². The fourth-order valence-electron chi connectivity index (χ4n) is 4.11. The zero-order valence-electron chi connectivity index (χ0n) is 16.2. The molecule has 2 N–H and O–H groups in total. The molecule has 3 aliphatic rings. The van der Waals surface area contributed by atoms with Gasteiger partial charge in [-0.3, -0.25) is 0 Å². The van der Waals surface area contributed by atoms with Gasteiger partial charge in [0.05, 0.1) is 0 Å². The fourth-order valence-corrected chi connectivity index (χ4v) is 4.11. The number of likely N-dealkylation sites (tertiary alicyclic amines) is 1. The number of urea groups is 1. The van der Waals surface area contributed by atoms with E-state index in [0.29, 0.717) is 24.6 Å². The minimum Gasteiger partial charge on any atom is -0.474 e. The topological polar surface area (TPSA) is 66.5 Å². The molecule has 0 radical (unpaired) electrons. The van der Waals surface area contributed by atoms with Gasteiger partial charge >= 0.3 is 6.03 Å². The van der Waals surface area contributed by atoms with Gasteiger partial charge in [0.15, 0.2) is 0 Å². The third-order valence-corrected chi connectivity index (χ3v) is 5.98. The SMILES string of the molecule is O=C(NCc1ccc(OC2CCCC2)nc1)NC1CCN(CC2CC2)CC1. The molecule has 2 aliphatic carbocycles. The van der Waals surface area contributed by atoms with E-state index >= 15 is 0 Å². The molecule has 6 heteroatoms. The summed E-state index contributed by atoms with van der Waals surface area (Å²) in [5.74, 6) is 1.63. The van der Waals surface area contributed by atoms with E-state index < -0.39 is 0 Å². The number of pyridine rings is 1. The Bertz CT molecular complexity index is 603. The van der Waals surface area contributed by atoms with E-state index in [4.69, 9.17) is 4.74 Å². The van der Waals surface area contributed by atoms with Crippen LogP contribution in [-0.2, 0) is 6.54 Å². The number of piperidine rings is 1. The van der Waals surface area contributed by atoms with E-state index in [9.17, 15) is 4.79 Å². The van der Waals surface area contributed by atoms with Crippen molar-refractivity contribution in [2.45, 2.75) is 70.1 Å². The first-order valence-corrected chi connectivity index (χ1v) is 10.6. The van der Waals surface area contributed by atoms with Crippen LogP contribution in [-0.4, -0.2) is 47.7 Å². The number of hydrogen-bond acceptors (Lipinski definition) is 4. The Morgan fingerprint density at radius 3 is 2.56 bits per heavy atom. The maximum absolute atomic E-state index is 12.2. The Hall–Kier alpha value is -1.82. The van der Waals surface area contributed by atoms with Crippen molar-refractivity contribution in [3.63, 3.8) is 0 Å². The van der Waals surface area contributed by atoms with Crippen molar-refractivity contribution in [2.24, 2.45) is 5.92 Å². The van der Waals surface area contributed by atoms with Crippen molar-refractivity contribution in [3.05, 3.63) is 23.9 Å². The number of carbonyl (C=O) groups is 1. The molecule has 3 fully saturated rings. The molecule has 6 nitrogen and oxygen atoms in total. The number of amides is 2. The number of ether oxygens (including phenoxy) is 1. The third-order valence-electron chi connectivity index (χ3n) is 5.98. The lowest BCUT2D eigenvalue weighted by Crippen LogP contribution is -2.48. The summed E-state index contributed by atoms with van der Waals surface area (Å²) in [6.07, 6.45) is 11.8. The lowest BCUT2D eigenvalue weighted by atomic mass is 10.0. The van der Waals surface area contributed by atoms with Gasteiger partial charge in [0.2, 0.25) is 5.88 Å². The van der Waals surface area contributed by atoms with Crippen LogP contribution in [0.1, 0.15) is 56.9 Å². The molecule has 1 saturated heterocycles. The summed E-state index contributed by atoms with van der Waals surface area (Å²) in [7, 11) is 0. The lowest BCUT2D eigenvalue weighted by Gasteiger charge is -2.32. The molecular formula is C21H32N4O2. The highest BCUT2D eigenvalue weighted by Gasteiger charge is 2.27. The van der Waals surface area contributed by atoms with Gasteiger partial charge in [-0.2, -0.15) is 0 Å². The minimum atomic E-state index is -0.0816. The maximum atomic E-state index is 12.2. The molecule has 0 unspecified atom stereocenters. The van der Waals surface area contributed by atoms with E-state index in [1.165, 1.54) is 32.2 Å². The summed E-state index contributed by atoms with van der Waals surface area (Å²) in [4.78, 5) is 19.1. The van der Waals surface area contributed by atoms with Gasteiger partial charge in [-0.05, 0) is 62.8 Å². The van der Waals surface area contributed by atoms with Gasteiger partial charge < -0.3 is 20.3 Å². The molecule has 2 heterocycles. The van der Waals surface area contributed by atoms with Crippen molar-refractivity contribution >= 4 is 6.03 Å². The molecule has 27 heavy (non-hydrogen) atoms.